The number of aromatic hydroxyl groups is 7. The number of benzene rings is 4. The molecule has 12 nitrogen and oxygen atoms in total. The third-order valence-electron chi connectivity index (χ3n) is 6.90. The van der Waals surface area contributed by atoms with Crippen LogP contribution in [0, 0.1) is 0 Å². The molecule has 0 spiro atoms. The van der Waals surface area contributed by atoms with E-state index >= 15 is 0 Å². The van der Waals surface area contributed by atoms with Crippen LogP contribution in [0.4, 0.5) is 0 Å². The molecule has 0 unspecified atom stereocenters. The maximum atomic E-state index is 13.3. The van der Waals surface area contributed by atoms with Gasteiger partial charge in [0.25, 0.3) is 0 Å². The minimum absolute atomic E-state index is 0.00709. The second-order valence-electron chi connectivity index (χ2n) is 9.52. The van der Waals surface area contributed by atoms with Gasteiger partial charge < -0.3 is 49.3 Å². The Kier molecular flexibility index (Phi) is 6.04. The Bertz CT molecular complexity index is 2240. The van der Waals surface area contributed by atoms with Crippen LogP contribution in [0.15, 0.2) is 79.1 Å². The molecule has 0 saturated heterocycles. The molecule has 0 amide bonds. The summed E-state index contributed by atoms with van der Waals surface area (Å²) >= 11 is 0. The fraction of sp³-hybridized carbons (Fsp3) is 0.0323. The van der Waals surface area contributed by atoms with E-state index in [1.807, 2.05) is 0 Å². The van der Waals surface area contributed by atoms with Gasteiger partial charge in [0.2, 0.25) is 0 Å². The molecule has 0 aliphatic heterocycles. The van der Waals surface area contributed by atoms with Gasteiger partial charge in [-0.2, -0.15) is 0 Å². The van der Waals surface area contributed by atoms with Crippen LogP contribution in [-0.2, 0) is 0 Å². The summed E-state index contributed by atoms with van der Waals surface area (Å²) in [6.07, 6.45) is 0. The van der Waals surface area contributed by atoms with Gasteiger partial charge in [-0.25, -0.2) is 0 Å². The highest BCUT2D eigenvalue weighted by molar-refractivity contribution is 6.01. The monoisotopic (exact) mass is 584 g/mol. The van der Waals surface area contributed by atoms with Crippen molar-refractivity contribution in [1.82, 2.24) is 0 Å². The van der Waals surface area contributed by atoms with Crippen molar-refractivity contribution in [3.63, 3.8) is 0 Å². The summed E-state index contributed by atoms with van der Waals surface area (Å²) in [4.78, 5) is 26.1. The van der Waals surface area contributed by atoms with E-state index < -0.39 is 61.9 Å². The fourth-order valence-electron chi connectivity index (χ4n) is 4.95. The van der Waals surface area contributed by atoms with Gasteiger partial charge in [-0.1, -0.05) is 0 Å². The van der Waals surface area contributed by atoms with Crippen LogP contribution in [-0.4, -0.2) is 42.9 Å². The van der Waals surface area contributed by atoms with Gasteiger partial charge in [-0.05, 0) is 30.3 Å². The highest BCUT2D eigenvalue weighted by atomic mass is 16.5. The zero-order chi connectivity index (χ0) is 30.7. The van der Waals surface area contributed by atoms with Crippen molar-refractivity contribution in [2.24, 2.45) is 0 Å². The first kappa shape index (κ1) is 26.9. The molecule has 0 aliphatic rings. The quantitative estimate of drug-likeness (QED) is 0.139. The molecule has 0 atom stereocenters. The second-order valence-corrected chi connectivity index (χ2v) is 9.52. The smallest absolute Gasteiger partial charge is 0.197 e. The highest BCUT2D eigenvalue weighted by Crippen LogP contribution is 2.51. The number of phenols is 7. The Morgan fingerprint density at radius 2 is 1.26 bits per heavy atom. The Morgan fingerprint density at radius 3 is 1.98 bits per heavy atom. The Balaban J connectivity index is 1.60. The molecule has 0 saturated carbocycles. The van der Waals surface area contributed by atoms with E-state index in [-0.39, 0.29) is 50.7 Å². The Labute approximate surface area is 239 Å². The molecular formula is C31H20O12. The largest absolute Gasteiger partial charge is 0.508 e. The molecule has 7 N–H and O–H groups in total. The average molecular weight is 584 g/mol. The van der Waals surface area contributed by atoms with E-state index in [2.05, 4.69) is 0 Å². The van der Waals surface area contributed by atoms with Crippen molar-refractivity contribution < 1.29 is 49.3 Å². The van der Waals surface area contributed by atoms with E-state index in [0.29, 0.717) is 0 Å². The first-order valence-corrected chi connectivity index (χ1v) is 12.4. The third-order valence-corrected chi connectivity index (χ3v) is 6.90. The number of hydrogen-bond donors (Lipinski definition) is 7. The number of hydrogen-bond acceptors (Lipinski definition) is 12. The lowest BCUT2D eigenvalue weighted by Gasteiger charge is -2.16. The molecular weight excluding hydrogens is 564 g/mol. The van der Waals surface area contributed by atoms with Crippen LogP contribution in [0.1, 0.15) is 0 Å². The van der Waals surface area contributed by atoms with Crippen molar-refractivity contribution in [3.05, 3.63) is 81.1 Å². The van der Waals surface area contributed by atoms with E-state index in [0.717, 1.165) is 36.4 Å². The zero-order valence-corrected chi connectivity index (χ0v) is 21.9. The summed E-state index contributed by atoms with van der Waals surface area (Å²) in [5, 5.41) is 73.1. The van der Waals surface area contributed by atoms with Crippen molar-refractivity contribution in [2.45, 2.75) is 0 Å². The minimum Gasteiger partial charge on any atom is -0.508 e. The van der Waals surface area contributed by atoms with Crippen molar-refractivity contribution in [1.29, 1.82) is 0 Å². The molecule has 216 valence electrons. The lowest BCUT2D eigenvalue weighted by atomic mass is 9.93. The molecule has 12 heteroatoms. The van der Waals surface area contributed by atoms with Gasteiger partial charge in [0.15, 0.2) is 33.9 Å². The van der Waals surface area contributed by atoms with Crippen LogP contribution >= 0.6 is 0 Å². The van der Waals surface area contributed by atoms with Crippen molar-refractivity contribution in [2.75, 3.05) is 7.11 Å². The molecule has 6 rings (SSSR count). The number of phenolic OH excluding ortho intramolecular Hbond substituents is 7. The summed E-state index contributed by atoms with van der Waals surface area (Å²) in [7, 11) is 1.37. The van der Waals surface area contributed by atoms with Crippen LogP contribution in [0.5, 0.6) is 46.0 Å². The lowest BCUT2D eigenvalue weighted by molar-refractivity contribution is 0.373. The van der Waals surface area contributed by atoms with E-state index in [1.54, 1.807) is 0 Å². The van der Waals surface area contributed by atoms with Gasteiger partial charge in [-0.3, -0.25) is 9.59 Å². The van der Waals surface area contributed by atoms with E-state index in [1.165, 1.54) is 31.4 Å². The third kappa shape index (κ3) is 4.25. The average Bonchev–Trinajstić information content (AvgIpc) is 2.94. The SMILES string of the molecule is COc1ccc(-c2cc(=O)c3c(O)c(-c4c(-c5cc(=O)c6c(O)cc(O)cc6o5)ccc(O)c4O)c(O)cc3o2)cc1O. The predicted octanol–water partition coefficient (Wildman–Crippen LogP) is 4.85. The fourth-order valence-corrected chi connectivity index (χ4v) is 4.95. The predicted molar refractivity (Wildman–Crippen MR) is 153 cm³/mol. The topological polar surface area (TPSA) is 211 Å². The molecule has 0 radical (unpaired) electrons. The standard InChI is InChI=1S/C31H20O12/c1-41-21-5-2-12(6-16(21)34)22-9-19(37)28-25(42-22)11-20(38)29(31(28)40)26-14(3-4-15(33)30(26)39)23-10-18(36)27-17(35)7-13(32)8-24(27)43-23/h2-11,32-35,38-40H,1H3. The molecule has 43 heavy (non-hydrogen) atoms. The maximum Gasteiger partial charge on any atom is 0.197 e. The zero-order valence-electron chi connectivity index (χ0n) is 21.9. The lowest BCUT2D eigenvalue weighted by Crippen LogP contribution is -2.03. The molecule has 6 aromatic rings. The molecule has 2 aromatic heterocycles. The molecule has 4 aromatic carbocycles. The normalized spacial score (nSPS) is 11.3. The van der Waals surface area contributed by atoms with Gasteiger partial charge in [0.1, 0.15) is 56.5 Å². The van der Waals surface area contributed by atoms with E-state index in [4.69, 9.17) is 13.6 Å². The molecule has 0 aliphatic carbocycles. The Morgan fingerprint density at radius 1 is 0.581 bits per heavy atom. The summed E-state index contributed by atoms with van der Waals surface area (Å²) in [6.45, 7) is 0. The van der Waals surface area contributed by atoms with Crippen LogP contribution in [0.25, 0.3) is 55.7 Å². The van der Waals surface area contributed by atoms with Crippen molar-refractivity contribution >= 4 is 21.9 Å². The van der Waals surface area contributed by atoms with Gasteiger partial charge >= 0.3 is 0 Å². The molecule has 0 fully saturated rings. The second kappa shape index (κ2) is 9.66. The first-order chi connectivity index (χ1) is 20.5. The minimum atomic E-state index is -0.835. The summed E-state index contributed by atoms with van der Waals surface area (Å²) in [6, 6.07) is 11.6. The number of ether oxygens (including phenoxy) is 1. The molecule has 2 heterocycles. The summed E-state index contributed by atoms with van der Waals surface area (Å²) < 4.78 is 16.5. The molecule has 0 bridgehead atoms. The first-order valence-electron chi connectivity index (χ1n) is 12.4. The van der Waals surface area contributed by atoms with Gasteiger partial charge in [0.05, 0.1) is 12.7 Å². The van der Waals surface area contributed by atoms with Crippen LogP contribution < -0.4 is 15.6 Å². The van der Waals surface area contributed by atoms with Gasteiger partial charge in [-0.15, -0.1) is 0 Å². The highest BCUT2D eigenvalue weighted by Gasteiger charge is 2.27. The Hall–Kier alpha value is -6.30. The van der Waals surface area contributed by atoms with Crippen molar-refractivity contribution in [3.8, 4) is 79.8 Å². The van der Waals surface area contributed by atoms with Gasteiger partial charge in [0, 0.05) is 47.0 Å². The maximum absolute atomic E-state index is 13.3. The number of fused-ring (bicyclic) bond motifs is 2. The summed E-state index contributed by atoms with van der Waals surface area (Å²) in [5.74, 6) is -4.25. The van der Waals surface area contributed by atoms with Crippen LogP contribution in [0.2, 0.25) is 0 Å². The van der Waals surface area contributed by atoms with E-state index in [9.17, 15) is 45.3 Å². The number of methoxy groups -OCH3 is 1. The van der Waals surface area contributed by atoms with Crippen LogP contribution in [0.3, 0.4) is 0 Å². The summed E-state index contributed by atoms with van der Waals surface area (Å²) in [5.41, 5.74) is -2.68. The number of rotatable bonds is 4.